The zero-order valence-corrected chi connectivity index (χ0v) is 21.1. The van der Waals surface area contributed by atoms with Crippen LogP contribution in [-0.4, -0.2) is 68.0 Å². The van der Waals surface area contributed by atoms with Gasteiger partial charge >= 0.3 is 0 Å². The van der Waals surface area contributed by atoms with E-state index < -0.39 is 5.82 Å². The molecular weight excluding hydrogens is 473 g/mol. The van der Waals surface area contributed by atoms with E-state index >= 15 is 0 Å². The summed E-state index contributed by atoms with van der Waals surface area (Å²) in [7, 11) is 0. The van der Waals surface area contributed by atoms with Gasteiger partial charge in [-0.3, -0.25) is 4.79 Å². The number of carbonyl (C=O) groups is 1. The Kier molecular flexibility index (Phi) is 6.08. The number of nitrogens with zero attached hydrogens (tertiary/aromatic N) is 5. The second-order valence-electron chi connectivity index (χ2n) is 10.2. The molecule has 1 saturated carbocycles. The van der Waals surface area contributed by atoms with E-state index in [-0.39, 0.29) is 17.7 Å². The molecule has 1 aliphatic heterocycles. The quantitative estimate of drug-likeness (QED) is 0.373. The molecular formula is C27H32FN7O2. The van der Waals surface area contributed by atoms with E-state index in [4.69, 9.17) is 0 Å². The number of aliphatic hydroxyl groups is 1. The highest BCUT2D eigenvalue weighted by atomic mass is 19.1. The van der Waals surface area contributed by atoms with E-state index in [2.05, 4.69) is 25.6 Å². The zero-order valence-electron chi connectivity index (χ0n) is 21.1. The van der Waals surface area contributed by atoms with E-state index in [0.717, 1.165) is 55.5 Å². The third kappa shape index (κ3) is 4.34. The first kappa shape index (κ1) is 23.9. The number of hydrogen-bond acceptors (Lipinski definition) is 6. The number of anilines is 1. The molecule has 4 aromatic rings. The molecule has 194 valence electrons. The number of aromatic nitrogens is 4. The third-order valence-corrected chi connectivity index (χ3v) is 7.57. The summed E-state index contributed by atoms with van der Waals surface area (Å²) < 4.78 is 18.3. The molecule has 37 heavy (non-hydrogen) atoms. The lowest BCUT2D eigenvalue weighted by Crippen LogP contribution is -2.51. The van der Waals surface area contributed by atoms with Gasteiger partial charge in [0, 0.05) is 61.3 Å². The molecule has 1 aliphatic carbocycles. The van der Waals surface area contributed by atoms with Crippen LogP contribution in [0.5, 0.6) is 0 Å². The van der Waals surface area contributed by atoms with Crippen LogP contribution in [0.3, 0.4) is 0 Å². The second kappa shape index (κ2) is 9.42. The summed E-state index contributed by atoms with van der Waals surface area (Å²) in [6.07, 6.45) is 8.86. The lowest BCUT2D eigenvalue weighted by Gasteiger charge is -2.39. The van der Waals surface area contributed by atoms with Crippen molar-refractivity contribution < 1.29 is 14.3 Å². The minimum absolute atomic E-state index is 0.155. The van der Waals surface area contributed by atoms with Crippen molar-refractivity contribution >= 4 is 28.1 Å². The van der Waals surface area contributed by atoms with Gasteiger partial charge in [0.25, 0.3) is 5.91 Å². The molecule has 1 saturated heterocycles. The number of nitrogens with one attached hydrogen (secondary N) is 2. The maximum atomic E-state index is 14.9. The van der Waals surface area contributed by atoms with Crippen LogP contribution < -0.4 is 15.5 Å². The molecule has 3 aromatic heterocycles. The van der Waals surface area contributed by atoms with Gasteiger partial charge < -0.3 is 25.0 Å². The van der Waals surface area contributed by atoms with Crippen molar-refractivity contribution in [1.82, 2.24) is 29.8 Å². The van der Waals surface area contributed by atoms with Crippen molar-refractivity contribution in [2.75, 3.05) is 24.5 Å². The largest absolute Gasteiger partial charge is 0.393 e. The standard InChI is InChI=1S/C27H32FN7O2/c1-3-29-27(37)21-4-5-24(33-8-6-17(7-9-33)32-18-10-20(36)11-18)22-13-30-35(25(21)22)19-12-23(28)26-31-16(2)14-34(26)15-19/h4-5,12-15,17-18,20,32,36H,3,6-11H2,1-2H3,(H,29,37). The molecule has 2 aliphatic rings. The molecule has 2 fully saturated rings. The molecule has 6 rings (SSSR count). The van der Waals surface area contributed by atoms with E-state index in [1.165, 1.54) is 6.07 Å². The zero-order chi connectivity index (χ0) is 25.7. The number of carbonyl (C=O) groups excluding carboxylic acids is 1. The van der Waals surface area contributed by atoms with Crippen molar-refractivity contribution in [2.45, 2.75) is 57.7 Å². The van der Waals surface area contributed by atoms with Gasteiger partial charge in [-0.25, -0.2) is 14.1 Å². The van der Waals surface area contributed by atoms with Gasteiger partial charge in [0.05, 0.1) is 34.8 Å². The number of rotatable bonds is 6. The average Bonchev–Trinajstić information content (AvgIpc) is 3.47. The van der Waals surface area contributed by atoms with Crippen LogP contribution in [0, 0.1) is 12.7 Å². The maximum absolute atomic E-state index is 14.9. The number of aliphatic hydroxyl groups excluding tert-OH is 1. The number of halogens is 1. The fraction of sp³-hybridized carbons (Fsp3) is 0.444. The number of imidazole rings is 1. The summed E-state index contributed by atoms with van der Waals surface area (Å²) in [6.45, 7) is 5.96. The SMILES string of the molecule is CCNC(=O)c1ccc(N2CCC(NC3CC(O)C3)CC2)c2cnn(-c3cc(F)c4nc(C)cn4c3)c12. The monoisotopic (exact) mass is 505 g/mol. The van der Waals surface area contributed by atoms with Crippen LogP contribution >= 0.6 is 0 Å². The topological polar surface area (TPSA) is 99.7 Å². The fourth-order valence-corrected chi connectivity index (χ4v) is 5.66. The first-order valence-corrected chi connectivity index (χ1v) is 13.0. The molecule has 0 unspecified atom stereocenters. The number of fused-ring (bicyclic) bond motifs is 2. The van der Waals surface area contributed by atoms with Crippen LogP contribution in [-0.2, 0) is 0 Å². The number of pyridine rings is 1. The minimum atomic E-state index is -0.446. The molecule has 3 N–H and O–H groups in total. The lowest BCUT2D eigenvalue weighted by atomic mass is 9.88. The number of benzene rings is 1. The Morgan fingerprint density at radius 2 is 1.97 bits per heavy atom. The Bertz CT molecular complexity index is 1460. The molecule has 4 heterocycles. The average molecular weight is 506 g/mol. The molecule has 0 bridgehead atoms. The van der Waals surface area contributed by atoms with Gasteiger partial charge in [0.15, 0.2) is 11.5 Å². The van der Waals surface area contributed by atoms with Gasteiger partial charge in [-0.05, 0) is 51.7 Å². The van der Waals surface area contributed by atoms with E-state index in [1.807, 2.05) is 26.0 Å². The Morgan fingerprint density at radius 3 is 2.70 bits per heavy atom. The van der Waals surface area contributed by atoms with Gasteiger partial charge in [0.2, 0.25) is 0 Å². The predicted molar refractivity (Wildman–Crippen MR) is 140 cm³/mol. The Labute approximate surface area is 214 Å². The van der Waals surface area contributed by atoms with Gasteiger partial charge in [-0.15, -0.1) is 0 Å². The van der Waals surface area contributed by atoms with Gasteiger partial charge in [0.1, 0.15) is 0 Å². The maximum Gasteiger partial charge on any atom is 0.253 e. The molecule has 1 aromatic carbocycles. The van der Waals surface area contributed by atoms with Crippen molar-refractivity contribution in [3.63, 3.8) is 0 Å². The normalized spacial score (nSPS) is 20.5. The first-order chi connectivity index (χ1) is 17.9. The summed E-state index contributed by atoms with van der Waals surface area (Å²) in [5, 5.41) is 21.6. The molecule has 0 spiro atoms. The lowest BCUT2D eigenvalue weighted by molar-refractivity contribution is 0.0562. The van der Waals surface area contributed by atoms with Crippen LogP contribution in [0.25, 0.3) is 22.2 Å². The Morgan fingerprint density at radius 1 is 1.19 bits per heavy atom. The number of piperidine rings is 1. The Hall–Kier alpha value is -3.50. The molecule has 0 radical (unpaired) electrons. The second-order valence-corrected chi connectivity index (χ2v) is 10.2. The predicted octanol–water partition coefficient (Wildman–Crippen LogP) is 2.95. The highest BCUT2D eigenvalue weighted by Gasteiger charge is 2.31. The minimum Gasteiger partial charge on any atom is -0.393 e. The highest BCUT2D eigenvalue weighted by Crippen LogP contribution is 2.33. The van der Waals surface area contributed by atoms with E-state index in [0.29, 0.717) is 35.4 Å². The van der Waals surface area contributed by atoms with Crippen LogP contribution in [0.2, 0.25) is 0 Å². The van der Waals surface area contributed by atoms with Crippen molar-refractivity contribution in [3.8, 4) is 5.69 Å². The van der Waals surface area contributed by atoms with Crippen molar-refractivity contribution in [2.24, 2.45) is 0 Å². The van der Waals surface area contributed by atoms with Crippen molar-refractivity contribution in [1.29, 1.82) is 0 Å². The van der Waals surface area contributed by atoms with Gasteiger partial charge in [-0.2, -0.15) is 5.10 Å². The van der Waals surface area contributed by atoms with Crippen LogP contribution in [0.15, 0.2) is 36.8 Å². The molecule has 9 nitrogen and oxygen atoms in total. The van der Waals surface area contributed by atoms with E-state index in [9.17, 15) is 14.3 Å². The van der Waals surface area contributed by atoms with Gasteiger partial charge in [-0.1, -0.05) is 0 Å². The third-order valence-electron chi connectivity index (χ3n) is 7.57. The summed E-state index contributed by atoms with van der Waals surface area (Å²) in [5.41, 5.74) is 3.68. The van der Waals surface area contributed by atoms with E-state index in [1.54, 1.807) is 27.7 Å². The number of aryl methyl sites for hydroxylation is 1. The number of hydrogen-bond donors (Lipinski definition) is 3. The number of amides is 1. The summed E-state index contributed by atoms with van der Waals surface area (Å²) in [6, 6.07) is 6.12. The molecule has 1 amide bonds. The Balaban J connectivity index is 1.36. The summed E-state index contributed by atoms with van der Waals surface area (Å²) in [5.74, 6) is -0.634. The molecule has 0 atom stereocenters. The van der Waals surface area contributed by atoms with Crippen LogP contribution in [0.1, 0.15) is 48.7 Å². The summed E-state index contributed by atoms with van der Waals surface area (Å²) in [4.78, 5) is 19.6. The highest BCUT2D eigenvalue weighted by molar-refractivity contribution is 6.09. The summed E-state index contributed by atoms with van der Waals surface area (Å²) >= 11 is 0. The fourth-order valence-electron chi connectivity index (χ4n) is 5.66. The van der Waals surface area contributed by atoms with Crippen LogP contribution in [0.4, 0.5) is 10.1 Å². The smallest absolute Gasteiger partial charge is 0.253 e. The molecule has 10 heteroatoms. The van der Waals surface area contributed by atoms with Crippen molar-refractivity contribution in [3.05, 3.63) is 53.9 Å². The first-order valence-electron chi connectivity index (χ1n) is 13.0.